The van der Waals surface area contributed by atoms with Crippen molar-refractivity contribution in [3.8, 4) is 0 Å². The van der Waals surface area contributed by atoms with Crippen molar-refractivity contribution in [1.82, 2.24) is 4.90 Å². The Morgan fingerprint density at radius 3 is 2.26 bits per heavy atom. The summed E-state index contributed by atoms with van der Waals surface area (Å²) in [5, 5.41) is 0. The van der Waals surface area contributed by atoms with Crippen molar-refractivity contribution in [2.75, 3.05) is 13.1 Å². The van der Waals surface area contributed by atoms with E-state index in [9.17, 15) is 4.79 Å². The van der Waals surface area contributed by atoms with E-state index in [4.69, 9.17) is 5.73 Å². The number of hydrogen-bond acceptors (Lipinski definition) is 2. The lowest BCUT2D eigenvalue weighted by Gasteiger charge is -2.47. The first-order valence-electron chi connectivity index (χ1n) is 8.03. The fourth-order valence-corrected chi connectivity index (χ4v) is 3.94. The zero-order chi connectivity index (χ0) is 13.9. The summed E-state index contributed by atoms with van der Waals surface area (Å²) in [4.78, 5) is 13.5. The third-order valence-electron chi connectivity index (χ3n) is 5.55. The van der Waals surface area contributed by atoms with Crippen molar-refractivity contribution in [3.05, 3.63) is 0 Å². The van der Waals surface area contributed by atoms with Crippen LogP contribution in [0.25, 0.3) is 0 Å². The first kappa shape index (κ1) is 14.8. The number of hydrogen-bond donors (Lipinski definition) is 1. The van der Waals surface area contributed by atoms with Gasteiger partial charge in [-0.1, -0.05) is 0 Å². The maximum absolute atomic E-state index is 10.9. The Labute approximate surface area is 117 Å². The second-order valence-electron chi connectivity index (χ2n) is 7.08. The lowest BCUT2D eigenvalue weighted by Crippen LogP contribution is -2.44. The lowest BCUT2D eigenvalue weighted by atomic mass is 9.65. The van der Waals surface area contributed by atoms with Crippen LogP contribution in [0, 0.1) is 11.3 Å². The van der Waals surface area contributed by atoms with E-state index in [0.29, 0.717) is 17.9 Å². The number of nitrogens with two attached hydrogens (primary N) is 1. The number of carbonyl (C=O) groups excluding carboxylic acids is 1. The third kappa shape index (κ3) is 3.95. The molecule has 3 heteroatoms. The first-order valence-corrected chi connectivity index (χ1v) is 8.03. The molecule has 2 aliphatic rings. The average Bonchev–Trinajstić information content (AvgIpc) is 2.39. The molecule has 0 unspecified atom stereocenters. The number of amides is 1. The van der Waals surface area contributed by atoms with Crippen LogP contribution in [0.5, 0.6) is 0 Å². The van der Waals surface area contributed by atoms with Crippen molar-refractivity contribution < 1.29 is 4.79 Å². The number of carbonyl (C=O) groups is 1. The van der Waals surface area contributed by atoms with Gasteiger partial charge in [0.2, 0.25) is 5.91 Å². The van der Waals surface area contributed by atoms with E-state index in [1.807, 2.05) is 0 Å². The minimum atomic E-state index is -0.134. The molecular weight excluding hydrogens is 236 g/mol. The van der Waals surface area contributed by atoms with Gasteiger partial charge in [0.15, 0.2) is 0 Å². The quantitative estimate of drug-likeness (QED) is 0.850. The van der Waals surface area contributed by atoms with Crippen LogP contribution in [-0.2, 0) is 4.79 Å². The predicted molar refractivity (Wildman–Crippen MR) is 78.8 cm³/mol. The average molecular weight is 266 g/mol. The molecule has 1 heterocycles. The minimum Gasteiger partial charge on any atom is -0.370 e. The minimum absolute atomic E-state index is 0.134. The molecule has 0 aromatic carbocycles. The normalized spacial score (nSPS) is 25.0. The van der Waals surface area contributed by atoms with Crippen molar-refractivity contribution in [2.45, 2.75) is 71.3 Å². The molecule has 1 aliphatic heterocycles. The molecule has 0 bridgehead atoms. The van der Waals surface area contributed by atoms with Crippen LogP contribution in [-0.4, -0.2) is 29.9 Å². The van der Waals surface area contributed by atoms with Crippen LogP contribution in [0.2, 0.25) is 0 Å². The second-order valence-corrected chi connectivity index (χ2v) is 7.08. The van der Waals surface area contributed by atoms with Gasteiger partial charge in [-0.05, 0) is 83.2 Å². The highest BCUT2D eigenvalue weighted by Crippen LogP contribution is 2.47. The molecule has 0 atom stereocenters. The van der Waals surface area contributed by atoms with E-state index < -0.39 is 0 Å². The summed E-state index contributed by atoms with van der Waals surface area (Å²) in [5.41, 5.74) is 5.88. The van der Waals surface area contributed by atoms with E-state index in [1.165, 1.54) is 51.6 Å². The highest BCUT2D eigenvalue weighted by Gasteiger charge is 2.38. The standard InChI is InChI=1S/C16H30N2O/c1-13(2)18-11-9-16(10-12-18)7-5-14(6-8-16)3-4-15(17)19/h13-14H,3-12H2,1-2H3,(H2,17,19). The lowest BCUT2D eigenvalue weighted by molar-refractivity contribution is -0.118. The maximum atomic E-state index is 10.9. The van der Waals surface area contributed by atoms with Gasteiger partial charge in [-0.2, -0.15) is 0 Å². The molecule has 110 valence electrons. The first-order chi connectivity index (χ1) is 9.01. The number of likely N-dealkylation sites (tertiary alicyclic amines) is 1. The topological polar surface area (TPSA) is 46.3 Å². The molecule has 1 saturated heterocycles. The Hall–Kier alpha value is -0.570. The largest absolute Gasteiger partial charge is 0.370 e. The summed E-state index contributed by atoms with van der Waals surface area (Å²) in [7, 11) is 0. The Bertz CT molecular complexity index is 296. The Morgan fingerprint density at radius 2 is 1.79 bits per heavy atom. The molecule has 2 fully saturated rings. The molecule has 1 aliphatic carbocycles. The van der Waals surface area contributed by atoms with Crippen LogP contribution in [0.15, 0.2) is 0 Å². The summed E-state index contributed by atoms with van der Waals surface area (Å²) in [5.74, 6) is 0.617. The van der Waals surface area contributed by atoms with Gasteiger partial charge >= 0.3 is 0 Å². The third-order valence-corrected chi connectivity index (χ3v) is 5.55. The van der Waals surface area contributed by atoms with E-state index in [-0.39, 0.29) is 5.91 Å². The number of nitrogens with zero attached hydrogens (tertiary/aromatic N) is 1. The summed E-state index contributed by atoms with van der Waals surface area (Å²) in [6.45, 7) is 7.17. The molecule has 1 saturated carbocycles. The Morgan fingerprint density at radius 1 is 1.21 bits per heavy atom. The van der Waals surface area contributed by atoms with Gasteiger partial charge in [-0.3, -0.25) is 4.79 Å². The second kappa shape index (κ2) is 6.25. The van der Waals surface area contributed by atoms with Crippen LogP contribution in [0.1, 0.15) is 65.2 Å². The van der Waals surface area contributed by atoms with Crippen molar-refractivity contribution in [2.24, 2.45) is 17.1 Å². The molecule has 19 heavy (non-hydrogen) atoms. The van der Waals surface area contributed by atoms with Gasteiger partial charge in [0.1, 0.15) is 0 Å². The summed E-state index contributed by atoms with van der Waals surface area (Å²) < 4.78 is 0. The molecule has 0 aromatic rings. The summed E-state index contributed by atoms with van der Waals surface area (Å²) in [6.07, 6.45) is 9.75. The maximum Gasteiger partial charge on any atom is 0.217 e. The van der Waals surface area contributed by atoms with Crippen LogP contribution in [0.4, 0.5) is 0 Å². The van der Waals surface area contributed by atoms with Crippen molar-refractivity contribution in [3.63, 3.8) is 0 Å². The SMILES string of the molecule is CC(C)N1CCC2(CCC(CCC(N)=O)CC2)CC1. The molecule has 0 aromatic heterocycles. The van der Waals surface area contributed by atoms with E-state index in [0.717, 1.165) is 12.3 Å². The van der Waals surface area contributed by atoms with Gasteiger partial charge in [0, 0.05) is 12.5 Å². The van der Waals surface area contributed by atoms with Gasteiger partial charge in [0.05, 0.1) is 0 Å². The van der Waals surface area contributed by atoms with Crippen LogP contribution < -0.4 is 5.73 Å². The highest BCUT2D eigenvalue weighted by atomic mass is 16.1. The molecular formula is C16H30N2O. The summed E-state index contributed by atoms with van der Waals surface area (Å²) in [6, 6.07) is 0.698. The van der Waals surface area contributed by atoms with Gasteiger partial charge in [-0.25, -0.2) is 0 Å². The van der Waals surface area contributed by atoms with Crippen LogP contribution in [0.3, 0.4) is 0 Å². The Balaban J connectivity index is 1.75. The van der Waals surface area contributed by atoms with Crippen molar-refractivity contribution >= 4 is 5.91 Å². The number of primary amides is 1. The van der Waals surface area contributed by atoms with E-state index in [1.54, 1.807) is 0 Å². The Kier molecular flexibility index (Phi) is 4.88. The van der Waals surface area contributed by atoms with Gasteiger partial charge < -0.3 is 10.6 Å². The van der Waals surface area contributed by atoms with Crippen LogP contribution >= 0.6 is 0 Å². The molecule has 3 nitrogen and oxygen atoms in total. The molecule has 0 radical (unpaired) electrons. The summed E-state index contributed by atoms with van der Waals surface area (Å²) >= 11 is 0. The number of rotatable bonds is 4. The molecule has 1 amide bonds. The van der Waals surface area contributed by atoms with E-state index in [2.05, 4.69) is 18.7 Å². The predicted octanol–water partition coefficient (Wildman–Crippen LogP) is 2.93. The molecule has 2 rings (SSSR count). The van der Waals surface area contributed by atoms with E-state index >= 15 is 0 Å². The fraction of sp³-hybridized carbons (Fsp3) is 0.938. The molecule has 2 N–H and O–H groups in total. The smallest absolute Gasteiger partial charge is 0.217 e. The number of piperidine rings is 1. The van der Waals surface area contributed by atoms with Crippen molar-refractivity contribution in [1.29, 1.82) is 0 Å². The monoisotopic (exact) mass is 266 g/mol. The zero-order valence-corrected chi connectivity index (χ0v) is 12.7. The highest BCUT2D eigenvalue weighted by molar-refractivity contribution is 5.73. The fourth-order valence-electron chi connectivity index (χ4n) is 3.94. The molecule has 1 spiro atoms. The zero-order valence-electron chi connectivity index (χ0n) is 12.7. The van der Waals surface area contributed by atoms with Gasteiger partial charge in [-0.15, -0.1) is 0 Å². The van der Waals surface area contributed by atoms with Gasteiger partial charge in [0.25, 0.3) is 0 Å².